The topological polar surface area (TPSA) is 78.1 Å². The molecule has 0 aromatic carbocycles. The maximum atomic E-state index is 6.15. The van der Waals surface area contributed by atoms with Crippen molar-refractivity contribution < 1.29 is 4.42 Å². The second-order valence-corrected chi connectivity index (χ2v) is 3.87. The molecule has 2 rings (SSSR count). The predicted molar refractivity (Wildman–Crippen MR) is 62.9 cm³/mol. The maximum Gasteiger partial charge on any atom is 0.128 e. The zero-order valence-corrected chi connectivity index (χ0v) is 9.40. The van der Waals surface area contributed by atoms with Crippen molar-refractivity contribution in [1.29, 1.82) is 0 Å². The van der Waals surface area contributed by atoms with E-state index >= 15 is 0 Å². The molecule has 2 aromatic heterocycles. The van der Waals surface area contributed by atoms with Gasteiger partial charge < -0.3 is 15.9 Å². The van der Waals surface area contributed by atoms with Gasteiger partial charge in [0.2, 0.25) is 0 Å². The van der Waals surface area contributed by atoms with Crippen LogP contribution in [0.1, 0.15) is 28.5 Å². The van der Waals surface area contributed by atoms with Gasteiger partial charge in [0.1, 0.15) is 11.6 Å². The van der Waals surface area contributed by atoms with Crippen molar-refractivity contribution in [3.63, 3.8) is 0 Å². The molecule has 0 spiro atoms. The number of hydrogen-bond donors (Lipinski definition) is 2. The summed E-state index contributed by atoms with van der Waals surface area (Å²) in [5.74, 6) is 1.20. The monoisotopic (exact) mass is 217 g/mol. The molecule has 0 fully saturated rings. The normalized spacial score (nSPS) is 12.7. The van der Waals surface area contributed by atoms with Crippen LogP contribution < -0.4 is 11.5 Å². The van der Waals surface area contributed by atoms with Crippen molar-refractivity contribution in [3.05, 3.63) is 47.0 Å². The van der Waals surface area contributed by atoms with E-state index in [0.717, 1.165) is 22.5 Å². The summed E-state index contributed by atoms with van der Waals surface area (Å²) in [6.07, 6.45) is 3.31. The Hall–Kier alpha value is -1.81. The lowest BCUT2D eigenvalue weighted by atomic mass is 9.99. The minimum Gasteiger partial charge on any atom is -0.467 e. The van der Waals surface area contributed by atoms with E-state index in [9.17, 15) is 0 Å². The number of aromatic nitrogens is 1. The summed E-state index contributed by atoms with van der Waals surface area (Å²) in [5, 5.41) is 0. The van der Waals surface area contributed by atoms with Gasteiger partial charge in [0.25, 0.3) is 0 Å². The highest BCUT2D eigenvalue weighted by Gasteiger charge is 2.19. The minimum absolute atomic E-state index is 0.358. The van der Waals surface area contributed by atoms with Gasteiger partial charge >= 0.3 is 0 Å². The van der Waals surface area contributed by atoms with Crippen LogP contribution in [0.3, 0.4) is 0 Å². The quantitative estimate of drug-likeness (QED) is 0.805. The van der Waals surface area contributed by atoms with Gasteiger partial charge in [0.05, 0.1) is 12.3 Å². The molecular weight excluding hydrogens is 202 g/mol. The number of nitrogens with two attached hydrogens (primary N) is 2. The molecule has 0 amide bonds. The molecule has 0 saturated carbocycles. The lowest BCUT2D eigenvalue weighted by molar-refractivity contribution is 0.486. The summed E-state index contributed by atoms with van der Waals surface area (Å²) in [5.41, 5.74) is 14.9. The van der Waals surface area contributed by atoms with Crippen molar-refractivity contribution in [1.82, 2.24) is 4.98 Å². The molecule has 0 bridgehead atoms. The molecule has 4 heteroatoms. The van der Waals surface area contributed by atoms with Gasteiger partial charge in [-0.1, -0.05) is 0 Å². The van der Waals surface area contributed by atoms with Crippen molar-refractivity contribution >= 4 is 5.82 Å². The molecule has 16 heavy (non-hydrogen) atoms. The average molecular weight is 217 g/mol. The Morgan fingerprint density at radius 1 is 1.25 bits per heavy atom. The first-order chi connectivity index (χ1) is 7.61. The van der Waals surface area contributed by atoms with E-state index in [2.05, 4.69) is 4.98 Å². The second kappa shape index (κ2) is 3.98. The third-order valence-corrected chi connectivity index (χ3v) is 2.73. The highest BCUT2D eigenvalue weighted by Crippen LogP contribution is 2.28. The zero-order chi connectivity index (χ0) is 11.7. The van der Waals surface area contributed by atoms with E-state index in [1.54, 1.807) is 12.5 Å². The largest absolute Gasteiger partial charge is 0.467 e. The lowest BCUT2D eigenvalue weighted by Gasteiger charge is -2.15. The Kier molecular flexibility index (Phi) is 2.66. The highest BCUT2D eigenvalue weighted by atomic mass is 16.3. The number of furan rings is 1. The number of aryl methyl sites for hydroxylation is 2. The molecular formula is C12H15N3O. The van der Waals surface area contributed by atoms with E-state index in [1.165, 1.54) is 0 Å². The zero-order valence-electron chi connectivity index (χ0n) is 9.40. The minimum atomic E-state index is -0.358. The van der Waals surface area contributed by atoms with Crippen LogP contribution in [0.25, 0.3) is 0 Å². The van der Waals surface area contributed by atoms with Crippen molar-refractivity contribution in [3.8, 4) is 0 Å². The van der Waals surface area contributed by atoms with Crippen molar-refractivity contribution in [2.75, 3.05) is 5.73 Å². The Bertz CT molecular complexity index is 484. The average Bonchev–Trinajstić information content (AvgIpc) is 2.64. The SMILES string of the molecule is Cc1ccoc1C(N)c1c(C)ccnc1N. The third kappa shape index (κ3) is 1.67. The lowest BCUT2D eigenvalue weighted by Crippen LogP contribution is -2.16. The van der Waals surface area contributed by atoms with Crippen LogP contribution in [0.4, 0.5) is 5.82 Å². The first-order valence-electron chi connectivity index (χ1n) is 5.12. The molecule has 2 aromatic rings. The standard InChI is InChI=1S/C12H15N3O/c1-7-3-5-15-12(14)9(7)10(13)11-8(2)4-6-16-11/h3-6,10H,13H2,1-2H3,(H2,14,15). The molecule has 0 aliphatic heterocycles. The van der Waals surface area contributed by atoms with E-state index in [0.29, 0.717) is 5.82 Å². The first-order valence-corrected chi connectivity index (χ1v) is 5.12. The number of nitrogen functional groups attached to an aromatic ring is 1. The first kappa shape index (κ1) is 10.7. The predicted octanol–water partition coefficient (Wildman–Crippen LogP) is 1.92. The van der Waals surface area contributed by atoms with Gasteiger partial charge in [0, 0.05) is 11.8 Å². The van der Waals surface area contributed by atoms with Crippen LogP contribution in [0, 0.1) is 13.8 Å². The molecule has 2 heterocycles. The molecule has 0 aliphatic carbocycles. The molecule has 4 N–H and O–H groups in total. The number of anilines is 1. The van der Waals surface area contributed by atoms with Gasteiger partial charge in [-0.3, -0.25) is 0 Å². The fourth-order valence-corrected chi connectivity index (χ4v) is 1.83. The van der Waals surface area contributed by atoms with E-state index in [4.69, 9.17) is 15.9 Å². The molecule has 0 radical (unpaired) electrons. The fraction of sp³-hybridized carbons (Fsp3) is 0.250. The van der Waals surface area contributed by atoms with Gasteiger partial charge in [-0.2, -0.15) is 0 Å². The Labute approximate surface area is 94.3 Å². The summed E-state index contributed by atoms with van der Waals surface area (Å²) < 4.78 is 5.38. The summed E-state index contributed by atoms with van der Waals surface area (Å²) >= 11 is 0. The Balaban J connectivity index is 2.49. The van der Waals surface area contributed by atoms with Crippen molar-refractivity contribution in [2.24, 2.45) is 5.73 Å². The van der Waals surface area contributed by atoms with Crippen LogP contribution in [0.2, 0.25) is 0 Å². The van der Waals surface area contributed by atoms with E-state index < -0.39 is 0 Å². The molecule has 84 valence electrons. The summed E-state index contributed by atoms with van der Waals surface area (Å²) in [7, 11) is 0. The molecule has 0 saturated heterocycles. The number of pyridine rings is 1. The summed E-state index contributed by atoms with van der Waals surface area (Å²) in [6.45, 7) is 3.92. The smallest absolute Gasteiger partial charge is 0.128 e. The molecule has 1 unspecified atom stereocenters. The van der Waals surface area contributed by atoms with Crippen LogP contribution in [-0.2, 0) is 0 Å². The maximum absolute atomic E-state index is 6.15. The number of hydrogen-bond acceptors (Lipinski definition) is 4. The summed E-state index contributed by atoms with van der Waals surface area (Å²) in [4.78, 5) is 4.06. The Morgan fingerprint density at radius 3 is 2.56 bits per heavy atom. The highest BCUT2D eigenvalue weighted by molar-refractivity contribution is 5.49. The number of nitrogens with zero attached hydrogens (tertiary/aromatic N) is 1. The van der Waals surface area contributed by atoms with Crippen LogP contribution in [0.5, 0.6) is 0 Å². The number of rotatable bonds is 2. The van der Waals surface area contributed by atoms with Gasteiger partial charge in [0.15, 0.2) is 0 Å². The Morgan fingerprint density at radius 2 is 2.00 bits per heavy atom. The van der Waals surface area contributed by atoms with Crippen LogP contribution in [0.15, 0.2) is 29.0 Å². The summed E-state index contributed by atoms with van der Waals surface area (Å²) in [6, 6.07) is 3.42. The fourth-order valence-electron chi connectivity index (χ4n) is 1.83. The second-order valence-electron chi connectivity index (χ2n) is 3.87. The van der Waals surface area contributed by atoms with Gasteiger partial charge in [-0.15, -0.1) is 0 Å². The molecule has 1 atom stereocenters. The molecule has 0 aliphatic rings. The van der Waals surface area contributed by atoms with Crippen LogP contribution >= 0.6 is 0 Å². The van der Waals surface area contributed by atoms with Gasteiger partial charge in [-0.25, -0.2) is 4.98 Å². The molecule has 4 nitrogen and oxygen atoms in total. The van der Waals surface area contributed by atoms with E-state index in [-0.39, 0.29) is 6.04 Å². The van der Waals surface area contributed by atoms with Crippen molar-refractivity contribution in [2.45, 2.75) is 19.9 Å². The van der Waals surface area contributed by atoms with Gasteiger partial charge in [-0.05, 0) is 37.1 Å². The van der Waals surface area contributed by atoms with Crippen LogP contribution in [-0.4, -0.2) is 4.98 Å². The third-order valence-electron chi connectivity index (χ3n) is 2.73. The van der Waals surface area contributed by atoms with E-state index in [1.807, 2.05) is 26.0 Å².